The van der Waals surface area contributed by atoms with Gasteiger partial charge in [-0.3, -0.25) is 0 Å². The van der Waals surface area contributed by atoms with E-state index in [9.17, 15) is 0 Å². The fraction of sp³-hybridized carbons (Fsp3) is 0.600. The van der Waals surface area contributed by atoms with Gasteiger partial charge in [-0.1, -0.05) is 27.7 Å². The molecule has 102 valence electrons. The van der Waals surface area contributed by atoms with Gasteiger partial charge in [-0.15, -0.1) is 11.6 Å². The number of alkyl halides is 1. The molecule has 2 aromatic heterocycles. The molecule has 0 atom stereocenters. The van der Waals surface area contributed by atoms with Crippen LogP contribution in [0.3, 0.4) is 0 Å². The molecule has 0 radical (unpaired) electrons. The lowest BCUT2D eigenvalue weighted by Crippen LogP contribution is -2.07. The lowest BCUT2D eigenvalue weighted by atomic mass is 10.0. The second kappa shape index (κ2) is 3.95. The van der Waals surface area contributed by atoms with Crippen molar-refractivity contribution >= 4 is 22.8 Å². The molecule has 4 heteroatoms. The van der Waals surface area contributed by atoms with Crippen LogP contribution in [-0.4, -0.2) is 20.4 Å². The maximum atomic E-state index is 5.93. The molecular formula is C15H20ClN3. The molecule has 2 heterocycles. The van der Waals surface area contributed by atoms with Crippen LogP contribution in [0.15, 0.2) is 18.3 Å². The van der Waals surface area contributed by atoms with E-state index in [1.54, 1.807) is 0 Å². The summed E-state index contributed by atoms with van der Waals surface area (Å²) in [6.07, 6.45) is 2.63. The fourth-order valence-electron chi connectivity index (χ4n) is 3.32. The van der Waals surface area contributed by atoms with E-state index >= 15 is 0 Å². The van der Waals surface area contributed by atoms with E-state index in [0.717, 1.165) is 23.4 Å². The first-order valence-electron chi connectivity index (χ1n) is 6.79. The zero-order valence-electron chi connectivity index (χ0n) is 11.9. The average Bonchev–Trinajstić information content (AvgIpc) is 2.65. The summed E-state index contributed by atoms with van der Waals surface area (Å²) in [5.74, 6) is 1.66. The van der Waals surface area contributed by atoms with Crippen molar-refractivity contribution in [2.45, 2.75) is 40.2 Å². The van der Waals surface area contributed by atoms with Crippen molar-refractivity contribution < 1.29 is 0 Å². The van der Waals surface area contributed by atoms with Crippen molar-refractivity contribution in [2.75, 3.05) is 5.88 Å². The van der Waals surface area contributed by atoms with Crippen molar-refractivity contribution in [2.24, 2.45) is 10.8 Å². The summed E-state index contributed by atoms with van der Waals surface area (Å²) < 4.78 is 2.32. The number of rotatable bonds is 3. The number of hydrogen-bond donors (Lipinski definition) is 0. The monoisotopic (exact) mass is 277 g/mol. The summed E-state index contributed by atoms with van der Waals surface area (Å²) in [6.45, 7) is 9.27. The highest BCUT2D eigenvalue weighted by atomic mass is 35.5. The van der Waals surface area contributed by atoms with Crippen molar-refractivity contribution in [3.8, 4) is 0 Å². The summed E-state index contributed by atoms with van der Waals surface area (Å²) >= 11 is 5.93. The third-order valence-corrected chi connectivity index (χ3v) is 5.23. The third-order valence-electron chi connectivity index (χ3n) is 5.04. The maximum absolute atomic E-state index is 5.93. The fourth-order valence-corrected chi connectivity index (χ4v) is 3.48. The van der Waals surface area contributed by atoms with Crippen LogP contribution in [0.2, 0.25) is 0 Å². The zero-order valence-corrected chi connectivity index (χ0v) is 12.7. The maximum Gasteiger partial charge on any atom is 0.160 e. The number of aromatic nitrogens is 3. The smallest absolute Gasteiger partial charge is 0.160 e. The minimum atomic E-state index is 0.263. The van der Waals surface area contributed by atoms with Gasteiger partial charge in [-0.2, -0.15) is 0 Å². The number of nitrogens with zero attached hydrogens (tertiary/aromatic N) is 3. The highest BCUT2D eigenvalue weighted by Crippen LogP contribution is 2.71. The lowest BCUT2D eigenvalue weighted by molar-refractivity contribution is 0.457. The van der Waals surface area contributed by atoms with Gasteiger partial charge in [-0.25, -0.2) is 9.97 Å². The summed E-state index contributed by atoms with van der Waals surface area (Å²) in [4.78, 5) is 9.24. The van der Waals surface area contributed by atoms with Crippen molar-refractivity contribution in [3.05, 3.63) is 24.2 Å². The van der Waals surface area contributed by atoms with Crippen LogP contribution < -0.4 is 0 Å². The number of hydrogen-bond acceptors (Lipinski definition) is 2. The summed E-state index contributed by atoms with van der Waals surface area (Å²) in [5, 5.41) is 0. The molecule has 0 saturated heterocycles. The highest BCUT2D eigenvalue weighted by molar-refractivity contribution is 6.17. The predicted octanol–water partition coefficient (Wildman–Crippen LogP) is 3.82. The van der Waals surface area contributed by atoms with Gasteiger partial charge in [0.2, 0.25) is 0 Å². The molecule has 0 aliphatic heterocycles. The molecule has 3 rings (SSSR count). The predicted molar refractivity (Wildman–Crippen MR) is 78.6 cm³/mol. The van der Waals surface area contributed by atoms with E-state index in [1.165, 1.54) is 0 Å². The van der Waals surface area contributed by atoms with Crippen molar-refractivity contribution in [1.82, 2.24) is 14.5 Å². The van der Waals surface area contributed by atoms with Crippen LogP contribution in [0, 0.1) is 10.8 Å². The Morgan fingerprint density at radius 1 is 1.26 bits per heavy atom. The van der Waals surface area contributed by atoms with Crippen LogP contribution in [-0.2, 0) is 6.42 Å². The molecule has 2 aromatic rings. The van der Waals surface area contributed by atoms with Gasteiger partial charge in [-0.05, 0) is 23.0 Å². The molecule has 0 N–H and O–H groups in total. The average molecular weight is 278 g/mol. The van der Waals surface area contributed by atoms with Gasteiger partial charge in [0.05, 0.1) is 0 Å². The first-order chi connectivity index (χ1) is 8.91. The van der Waals surface area contributed by atoms with Gasteiger partial charge < -0.3 is 4.57 Å². The number of halogens is 1. The minimum absolute atomic E-state index is 0.263. The third kappa shape index (κ3) is 1.64. The number of pyridine rings is 1. The van der Waals surface area contributed by atoms with Crippen molar-refractivity contribution in [3.63, 3.8) is 0 Å². The standard InChI is InChI=1S/C15H20ClN3/c1-14(2)13(15(14,3)4)19-11(7-8-16)18-10-6-5-9-17-12(10)19/h5-6,9,13H,7-8H2,1-4H3. The van der Waals surface area contributed by atoms with Gasteiger partial charge in [0.1, 0.15) is 11.3 Å². The molecule has 1 fully saturated rings. The molecule has 0 unspecified atom stereocenters. The SMILES string of the molecule is CC1(C)C(n2c(CCCl)nc3cccnc32)C1(C)C. The molecule has 0 amide bonds. The van der Waals surface area contributed by atoms with Crippen LogP contribution in [0.4, 0.5) is 0 Å². The van der Waals surface area contributed by atoms with E-state index in [-0.39, 0.29) is 10.8 Å². The largest absolute Gasteiger partial charge is 0.308 e. The van der Waals surface area contributed by atoms with Crippen molar-refractivity contribution in [1.29, 1.82) is 0 Å². The molecule has 1 aliphatic rings. The van der Waals surface area contributed by atoms with E-state index in [0.29, 0.717) is 11.9 Å². The topological polar surface area (TPSA) is 30.7 Å². The molecule has 19 heavy (non-hydrogen) atoms. The molecule has 0 spiro atoms. The molecule has 1 saturated carbocycles. The van der Waals surface area contributed by atoms with E-state index in [1.807, 2.05) is 18.3 Å². The van der Waals surface area contributed by atoms with E-state index in [4.69, 9.17) is 16.6 Å². The number of fused-ring (bicyclic) bond motifs is 1. The Bertz CT molecular complexity index is 613. The Morgan fingerprint density at radius 3 is 2.53 bits per heavy atom. The first kappa shape index (κ1) is 12.9. The quantitative estimate of drug-likeness (QED) is 0.799. The van der Waals surface area contributed by atoms with Crippen LogP contribution in [0.5, 0.6) is 0 Å². The van der Waals surface area contributed by atoms with Gasteiger partial charge in [0.15, 0.2) is 5.65 Å². The Kier molecular flexibility index (Phi) is 2.69. The van der Waals surface area contributed by atoms with Gasteiger partial charge in [0, 0.05) is 24.5 Å². The summed E-state index contributed by atoms with van der Waals surface area (Å²) in [7, 11) is 0. The minimum Gasteiger partial charge on any atom is -0.308 e. The first-order valence-corrected chi connectivity index (χ1v) is 7.32. The van der Waals surface area contributed by atoms with Gasteiger partial charge in [0.25, 0.3) is 0 Å². The second-order valence-electron chi connectivity index (χ2n) is 6.53. The van der Waals surface area contributed by atoms with E-state index < -0.39 is 0 Å². The lowest BCUT2D eigenvalue weighted by Gasteiger charge is -2.10. The Morgan fingerprint density at radius 2 is 1.95 bits per heavy atom. The van der Waals surface area contributed by atoms with Crippen LogP contribution in [0.25, 0.3) is 11.2 Å². The molecule has 1 aliphatic carbocycles. The highest BCUT2D eigenvalue weighted by Gasteiger charge is 2.66. The van der Waals surface area contributed by atoms with Gasteiger partial charge >= 0.3 is 0 Å². The second-order valence-corrected chi connectivity index (χ2v) is 6.91. The number of aryl methyl sites for hydroxylation is 1. The molecule has 0 bridgehead atoms. The Labute approximate surface area is 119 Å². The Hall–Kier alpha value is -1.09. The molecule has 3 nitrogen and oxygen atoms in total. The zero-order chi connectivity index (χ0) is 13.8. The summed E-state index contributed by atoms with van der Waals surface area (Å²) in [6, 6.07) is 4.41. The molecule has 0 aromatic carbocycles. The van der Waals surface area contributed by atoms with Crippen LogP contribution in [0.1, 0.15) is 39.6 Å². The number of imidazole rings is 1. The summed E-state index contributed by atoms with van der Waals surface area (Å²) in [5.41, 5.74) is 2.49. The Balaban J connectivity index is 2.20. The van der Waals surface area contributed by atoms with E-state index in [2.05, 4.69) is 37.2 Å². The molecular weight excluding hydrogens is 258 g/mol. The van der Waals surface area contributed by atoms with Crippen LogP contribution >= 0.6 is 11.6 Å². The normalized spacial score (nSPS) is 20.9.